The minimum absolute atomic E-state index is 0.0365. The highest BCUT2D eigenvalue weighted by Gasteiger charge is 2.58. The van der Waals surface area contributed by atoms with E-state index in [0.717, 1.165) is 12.8 Å². The topological polar surface area (TPSA) is 52.2 Å². The van der Waals surface area contributed by atoms with Gasteiger partial charge in [-0.05, 0) is 42.7 Å². The first kappa shape index (κ1) is 14.5. The number of benzene rings is 1. The number of allylic oxidation sites excluding steroid dienone is 2. The Morgan fingerprint density at radius 2 is 2.17 bits per heavy atom. The second-order valence-electron chi connectivity index (χ2n) is 6.75. The Morgan fingerprint density at radius 1 is 1.35 bits per heavy atom. The van der Waals surface area contributed by atoms with E-state index in [4.69, 9.17) is 4.42 Å². The molecular weight excluding hydrogens is 290 g/mol. The van der Waals surface area contributed by atoms with Gasteiger partial charge in [-0.2, -0.15) is 0 Å². The first-order chi connectivity index (χ1) is 11.2. The molecule has 2 aliphatic carbocycles. The Labute approximate surface area is 134 Å². The molecule has 0 spiro atoms. The number of aromatic nitrogens is 1. The van der Waals surface area contributed by atoms with Gasteiger partial charge in [-0.15, -0.1) is 0 Å². The number of rotatable bonds is 4. The van der Waals surface area contributed by atoms with E-state index in [9.17, 15) is 9.59 Å². The molecule has 4 atom stereocenters. The highest BCUT2D eigenvalue weighted by molar-refractivity contribution is 5.92. The number of para-hydroxylation sites is 2. The number of unbranched alkanes of at least 4 members (excludes halogenated alkanes) is 1. The zero-order chi connectivity index (χ0) is 16.0. The van der Waals surface area contributed by atoms with Crippen LogP contribution in [0.2, 0.25) is 0 Å². The van der Waals surface area contributed by atoms with Crippen molar-refractivity contribution in [1.82, 2.24) is 4.57 Å². The lowest BCUT2D eigenvalue weighted by Crippen LogP contribution is -2.25. The van der Waals surface area contributed by atoms with Crippen LogP contribution in [0.25, 0.3) is 11.1 Å². The SMILES string of the molecule is CCCC[C@H]1C=CC[C@H]2[C@H](C(=O)n3c(=O)oc4ccccc43)[C@H]21. The Bertz CT molecular complexity index is 828. The van der Waals surface area contributed by atoms with Crippen LogP contribution in [0, 0.1) is 23.7 Å². The summed E-state index contributed by atoms with van der Waals surface area (Å²) in [6.45, 7) is 2.19. The number of hydrogen-bond acceptors (Lipinski definition) is 3. The van der Waals surface area contributed by atoms with Gasteiger partial charge < -0.3 is 4.42 Å². The van der Waals surface area contributed by atoms with Gasteiger partial charge in [0.2, 0.25) is 5.91 Å². The molecule has 0 bridgehead atoms. The summed E-state index contributed by atoms with van der Waals surface area (Å²) in [6.07, 6.45) is 8.94. The molecule has 4 nitrogen and oxygen atoms in total. The van der Waals surface area contributed by atoms with Gasteiger partial charge in [0.15, 0.2) is 5.58 Å². The maximum absolute atomic E-state index is 13.0. The van der Waals surface area contributed by atoms with Crippen molar-refractivity contribution in [2.45, 2.75) is 32.6 Å². The van der Waals surface area contributed by atoms with E-state index in [-0.39, 0.29) is 11.8 Å². The van der Waals surface area contributed by atoms with Crippen LogP contribution in [-0.2, 0) is 0 Å². The first-order valence-corrected chi connectivity index (χ1v) is 8.54. The lowest BCUT2D eigenvalue weighted by molar-refractivity contribution is 0.0867. The average molecular weight is 311 g/mol. The lowest BCUT2D eigenvalue weighted by Gasteiger charge is -2.15. The fourth-order valence-corrected chi connectivity index (χ4v) is 4.23. The van der Waals surface area contributed by atoms with Crippen LogP contribution in [0.15, 0.2) is 45.6 Å². The third-order valence-electron chi connectivity index (χ3n) is 5.40. The van der Waals surface area contributed by atoms with E-state index in [0.29, 0.717) is 28.9 Å². The van der Waals surface area contributed by atoms with Crippen LogP contribution in [0.5, 0.6) is 0 Å². The van der Waals surface area contributed by atoms with Crippen LogP contribution in [0.3, 0.4) is 0 Å². The molecule has 0 unspecified atom stereocenters. The maximum Gasteiger partial charge on any atom is 0.426 e. The van der Waals surface area contributed by atoms with Crippen molar-refractivity contribution in [3.63, 3.8) is 0 Å². The predicted molar refractivity (Wildman–Crippen MR) is 88.3 cm³/mol. The van der Waals surface area contributed by atoms with Crippen molar-refractivity contribution in [3.8, 4) is 0 Å². The summed E-state index contributed by atoms with van der Waals surface area (Å²) in [5.41, 5.74) is 1.07. The number of carbonyl (C=O) groups excluding carboxylic acids is 1. The number of oxazole rings is 1. The first-order valence-electron chi connectivity index (χ1n) is 8.54. The summed E-state index contributed by atoms with van der Waals surface area (Å²) >= 11 is 0. The molecule has 4 rings (SSSR count). The Hall–Kier alpha value is -2.10. The van der Waals surface area contributed by atoms with E-state index < -0.39 is 5.76 Å². The van der Waals surface area contributed by atoms with Crippen LogP contribution < -0.4 is 5.76 Å². The number of fused-ring (bicyclic) bond motifs is 2. The molecule has 1 fully saturated rings. The standard InChI is InChI=1S/C19H21NO3/c1-2-3-7-12-8-6-9-13-16(12)17(13)18(21)20-14-10-4-5-11-15(14)23-19(20)22/h4-6,8,10-13,16-17H,2-3,7,9H2,1H3/t12-,13+,16-,17-/m0/s1. The minimum Gasteiger partial charge on any atom is -0.407 e. The van der Waals surface area contributed by atoms with Gasteiger partial charge >= 0.3 is 5.76 Å². The summed E-state index contributed by atoms with van der Waals surface area (Å²) in [7, 11) is 0. The Balaban J connectivity index is 1.63. The fraction of sp³-hybridized carbons (Fsp3) is 0.474. The van der Waals surface area contributed by atoms with Crippen LogP contribution >= 0.6 is 0 Å². The molecule has 23 heavy (non-hydrogen) atoms. The third kappa shape index (κ3) is 2.28. The van der Waals surface area contributed by atoms with Gasteiger partial charge in [-0.25, -0.2) is 9.36 Å². The molecule has 0 N–H and O–H groups in total. The predicted octanol–water partition coefficient (Wildman–Crippen LogP) is 3.86. The van der Waals surface area contributed by atoms with Crippen LogP contribution in [-0.4, -0.2) is 10.5 Å². The number of nitrogens with zero attached hydrogens (tertiary/aromatic N) is 1. The molecule has 2 aliphatic rings. The number of carbonyl (C=O) groups is 1. The van der Waals surface area contributed by atoms with Crippen molar-refractivity contribution < 1.29 is 9.21 Å². The lowest BCUT2D eigenvalue weighted by atomic mass is 9.90. The minimum atomic E-state index is -0.557. The van der Waals surface area contributed by atoms with Gasteiger partial charge in [0.25, 0.3) is 0 Å². The van der Waals surface area contributed by atoms with Gasteiger partial charge in [0.05, 0.1) is 5.52 Å². The average Bonchev–Trinajstić information content (AvgIpc) is 3.20. The second kappa shape index (κ2) is 5.52. The smallest absolute Gasteiger partial charge is 0.407 e. The molecule has 1 saturated carbocycles. The van der Waals surface area contributed by atoms with Gasteiger partial charge in [0.1, 0.15) is 0 Å². The molecule has 120 valence electrons. The third-order valence-corrected chi connectivity index (χ3v) is 5.40. The van der Waals surface area contributed by atoms with E-state index in [1.807, 2.05) is 12.1 Å². The highest BCUT2D eigenvalue weighted by Crippen LogP contribution is 2.57. The summed E-state index contributed by atoms with van der Waals surface area (Å²) in [5, 5.41) is 0. The molecule has 1 heterocycles. The highest BCUT2D eigenvalue weighted by atomic mass is 16.4. The largest absolute Gasteiger partial charge is 0.426 e. The Kier molecular flexibility index (Phi) is 3.47. The van der Waals surface area contributed by atoms with Crippen molar-refractivity contribution in [2.75, 3.05) is 0 Å². The normalized spacial score (nSPS) is 28.7. The molecule has 4 heteroatoms. The molecule has 2 aromatic rings. The van der Waals surface area contributed by atoms with Crippen molar-refractivity contribution in [3.05, 3.63) is 47.0 Å². The molecule has 0 aliphatic heterocycles. The van der Waals surface area contributed by atoms with E-state index in [1.165, 1.54) is 17.4 Å². The maximum atomic E-state index is 13.0. The molecule has 1 aromatic carbocycles. The quantitative estimate of drug-likeness (QED) is 0.806. The van der Waals surface area contributed by atoms with Crippen molar-refractivity contribution >= 4 is 17.0 Å². The van der Waals surface area contributed by atoms with Gasteiger partial charge in [0, 0.05) is 5.92 Å². The van der Waals surface area contributed by atoms with Crippen LogP contribution in [0.1, 0.15) is 37.4 Å². The number of hydrogen-bond donors (Lipinski definition) is 0. The molecule has 0 saturated heterocycles. The Morgan fingerprint density at radius 3 is 3.00 bits per heavy atom. The summed E-state index contributed by atoms with van der Waals surface area (Å²) in [6, 6.07) is 7.14. The fourth-order valence-electron chi connectivity index (χ4n) is 4.23. The molecular formula is C19H21NO3. The monoisotopic (exact) mass is 311 g/mol. The van der Waals surface area contributed by atoms with Gasteiger partial charge in [-0.1, -0.05) is 44.1 Å². The van der Waals surface area contributed by atoms with E-state index >= 15 is 0 Å². The van der Waals surface area contributed by atoms with Crippen molar-refractivity contribution in [1.29, 1.82) is 0 Å². The zero-order valence-electron chi connectivity index (χ0n) is 13.3. The second-order valence-corrected chi connectivity index (χ2v) is 6.75. The van der Waals surface area contributed by atoms with Crippen molar-refractivity contribution in [2.24, 2.45) is 23.7 Å². The van der Waals surface area contributed by atoms with Crippen LogP contribution in [0.4, 0.5) is 0 Å². The summed E-state index contributed by atoms with van der Waals surface area (Å²) in [5.74, 6) is 0.606. The molecule has 0 radical (unpaired) electrons. The van der Waals surface area contributed by atoms with E-state index in [1.54, 1.807) is 12.1 Å². The van der Waals surface area contributed by atoms with E-state index in [2.05, 4.69) is 19.1 Å². The molecule has 0 amide bonds. The molecule has 1 aromatic heterocycles. The zero-order valence-corrected chi connectivity index (χ0v) is 13.3. The summed E-state index contributed by atoms with van der Waals surface area (Å²) < 4.78 is 6.46. The summed E-state index contributed by atoms with van der Waals surface area (Å²) in [4.78, 5) is 25.1. The van der Waals surface area contributed by atoms with Gasteiger partial charge in [-0.3, -0.25) is 4.79 Å².